The highest BCUT2D eigenvalue weighted by molar-refractivity contribution is 5.90. The van der Waals surface area contributed by atoms with Crippen molar-refractivity contribution in [2.24, 2.45) is 5.92 Å². The molecule has 1 heterocycles. The van der Waals surface area contributed by atoms with Gasteiger partial charge in [0, 0.05) is 31.7 Å². The van der Waals surface area contributed by atoms with Gasteiger partial charge in [-0.05, 0) is 37.8 Å². The highest BCUT2D eigenvalue weighted by atomic mass is 16.4. The maximum absolute atomic E-state index is 12.4. The Balaban J connectivity index is 1.62. The molecule has 3 amide bonds. The molecule has 1 unspecified atom stereocenters. The molecule has 7 nitrogen and oxygen atoms in total. The number of anilines is 1. The first-order chi connectivity index (χ1) is 13.6. The number of nitrogens with one attached hydrogen (secondary N) is 2. The normalized spacial score (nSPS) is 16.4. The van der Waals surface area contributed by atoms with E-state index in [-0.39, 0.29) is 24.3 Å². The average molecular weight is 389 g/mol. The Morgan fingerprint density at radius 1 is 1.04 bits per heavy atom. The molecular formula is C21H31N3O4. The number of carbonyl (C=O) groups excluding carboxylic acids is 2. The fourth-order valence-corrected chi connectivity index (χ4v) is 3.39. The predicted octanol–water partition coefficient (Wildman–Crippen LogP) is 3.47. The number of carboxylic acid groups (broad SMARTS) is 1. The number of nitrogens with zero attached hydrogens (tertiary/aromatic N) is 1. The number of hydrogen-bond donors (Lipinski definition) is 3. The summed E-state index contributed by atoms with van der Waals surface area (Å²) in [4.78, 5) is 37.0. The zero-order chi connectivity index (χ0) is 20.2. The summed E-state index contributed by atoms with van der Waals surface area (Å²) in [5.41, 5.74) is 0.752. The number of carbonyl (C=O) groups is 3. The molecule has 154 valence electrons. The Kier molecular flexibility index (Phi) is 9.31. The van der Waals surface area contributed by atoms with Crippen LogP contribution in [0.5, 0.6) is 0 Å². The van der Waals surface area contributed by atoms with E-state index in [2.05, 4.69) is 10.6 Å². The number of rotatable bonds is 10. The minimum atomic E-state index is -0.744. The van der Waals surface area contributed by atoms with Gasteiger partial charge in [0.2, 0.25) is 5.91 Å². The number of hydrogen-bond acceptors (Lipinski definition) is 3. The summed E-state index contributed by atoms with van der Waals surface area (Å²) in [5, 5.41) is 14.4. The predicted molar refractivity (Wildman–Crippen MR) is 108 cm³/mol. The van der Waals surface area contributed by atoms with Crippen LogP contribution in [0, 0.1) is 5.92 Å². The van der Waals surface area contributed by atoms with E-state index in [1.165, 1.54) is 0 Å². The minimum Gasteiger partial charge on any atom is -0.481 e. The van der Waals surface area contributed by atoms with Crippen LogP contribution in [0.4, 0.5) is 10.5 Å². The van der Waals surface area contributed by atoms with Crippen molar-refractivity contribution in [3.8, 4) is 0 Å². The fraction of sp³-hybridized carbons (Fsp3) is 0.571. The standard InChI is InChI=1S/C21H31N3O4/c25-19(26)13-7-2-1-3-8-14-22-20(27)17-10-9-15-24(16-17)21(28)23-18-11-5-4-6-12-18/h4-6,11-12,17H,1-3,7-10,13-16H2,(H,22,27)(H,23,28)(H,25,26). The van der Waals surface area contributed by atoms with E-state index >= 15 is 0 Å². The molecule has 28 heavy (non-hydrogen) atoms. The van der Waals surface area contributed by atoms with Gasteiger partial charge in [0.15, 0.2) is 0 Å². The van der Waals surface area contributed by atoms with E-state index < -0.39 is 5.97 Å². The molecule has 0 bridgehead atoms. The summed E-state index contributed by atoms with van der Waals surface area (Å²) in [6.07, 6.45) is 6.34. The Morgan fingerprint density at radius 3 is 2.50 bits per heavy atom. The zero-order valence-electron chi connectivity index (χ0n) is 16.4. The first-order valence-corrected chi connectivity index (χ1v) is 10.2. The second-order valence-corrected chi connectivity index (χ2v) is 7.28. The van der Waals surface area contributed by atoms with E-state index in [0.29, 0.717) is 26.1 Å². The Labute approximate surface area is 166 Å². The number of aliphatic carboxylic acids is 1. The van der Waals surface area contributed by atoms with Gasteiger partial charge in [0.05, 0.1) is 5.92 Å². The van der Waals surface area contributed by atoms with Crippen molar-refractivity contribution >= 4 is 23.6 Å². The van der Waals surface area contributed by atoms with Crippen LogP contribution >= 0.6 is 0 Å². The van der Waals surface area contributed by atoms with Gasteiger partial charge >= 0.3 is 12.0 Å². The highest BCUT2D eigenvalue weighted by Crippen LogP contribution is 2.18. The van der Waals surface area contributed by atoms with Crippen LogP contribution in [0.15, 0.2) is 30.3 Å². The quantitative estimate of drug-likeness (QED) is 0.534. The molecule has 1 aliphatic rings. The molecule has 1 fully saturated rings. The maximum Gasteiger partial charge on any atom is 0.321 e. The van der Waals surface area contributed by atoms with Crippen LogP contribution in [-0.2, 0) is 9.59 Å². The average Bonchev–Trinajstić information content (AvgIpc) is 2.70. The number of piperidine rings is 1. The van der Waals surface area contributed by atoms with E-state index in [1.54, 1.807) is 4.90 Å². The van der Waals surface area contributed by atoms with Crippen LogP contribution < -0.4 is 10.6 Å². The van der Waals surface area contributed by atoms with E-state index in [9.17, 15) is 14.4 Å². The van der Waals surface area contributed by atoms with Crippen molar-refractivity contribution in [1.29, 1.82) is 0 Å². The number of carboxylic acids is 1. The van der Waals surface area contributed by atoms with Crippen LogP contribution in [-0.4, -0.2) is 47.5 Å². The third-order valence-corrected chi connectivity index (χ3v) is 4.97. The monoisotopic (exact) mass is 389 g/mol. The molecule has 1 aromatic rings. The molecule has 2 rings (SSSR count). The summed E-state index contributed by atoms with van der Waals surface area (Å²) in [5.74, 6) is -0.889. The van der Waals surface area contributed by atoms with E-state index in [4.69, 9.17) is 5.11 Å². The SMILES string of the molecule is O=C(O)CCCCCCCNC(=O)C1CCCN(C(=O)Nc2ccccc2)C1. The number of para-hydroxylation sites is 1. The summed E-state index contributed by atoms with van der Waals surface area (Å²) in [6, 6.07) is 9.15. The molecule has 1 saturated heterocycles. The third-order valence-electron chi connectivity index (χ3n) is 4.97. The first kappa shape index (κ1) is 21.7. The number of likely N-dealkylation sites (tertiary alicyclic amines) is 1. The van der Waals surface area contributed by atoms with Gasteiger partial charge < -0.3 is 20.6 Å². The van der Waals surface area contributed by atoms with Crippen molar-refractivity contribution in [2.75, 3.05) is 25.0 Å². The van der Waals surface area contributed by atoms with Gasteiger partial charge in [-0.3, -0.25) is 9.59 Å². The van der Waals surface area contributed by atoms with Crippen molar-refractivity contribution in [3.63, 3.8) is 0 Å². The second-order valence-electron chi connectivity index (χ2n) is 7.28. The van der Waals surface area contributed by atoms with Crippen molar-refractivity contribution in [3.05, 3.63) is 30.3 Å². The van der Waals surface area contributed by atoms with Gasteiger partial charge in [-0.2, -0.15) is 0 Å². The molecule has 1 aliphatic heterocycles. The summed E-state index contributed by atoms with van der Waals surface area (Å²) >= 11 is 0. The number of benzene rings is 1. The zero-order valence-corrected chi connectivity index (χ0v) is 16.4. The Morgan fingerprint density at radius 2 is 1.75 bits per heavy atom. The Bertz CT molecular complexity index is 636. The minimum absolute atomic E-state index is 0.0167. The fourth-order valence-electron chi connectivity index (χ4n) is 3.39. The van der Waals surface area contributed by atoms with Gasteiger partial charge in [-0.25, -0.2) is 4.79 Å². The third kappa shape index (κ3) is 7.98. The van der Waals surface area contributed by atoms with Gasteiger partial charge in [0.1, 0.15) is 0 Å². The van der Waals surface area contributed by atoms with E-state index in [1.807, 2.05) is 30.3 Å². The lowest BCUT2D eigenvalue weighted by molar-refractivity contribution is -0.137. The highest BCUT2D eigenvalue weighted by Gasteiger charge is 2.28. The number of unbranched alkanes of at least 4 members (excludes halogenated alkanes) is 4. The van der Waals surface area contributed by atoms with Gasteiger partial charge in [-0.1, -0.05) is 37.5 Å². The summed E-state index contributed by atoms with van der Waals surface area (Å²) in [7, 11) is 0. The van der Waals surface area contributed by atoms with Crippen LogP contribution in [0.1, 0.15) is 51.4 Å². The van der Waals surface area contributed by atoms with Gasteiger partial charge in [-0.15, -0.1) is 0 Å². The lowest BCUT2D eigenvalue weighted by atomic mass is 9.97. The van der Waals surface area contributed by atoms with Crippen LogP contribution in [0.2, 0.25) is 0 Å². The van der Waals surface area contributed by atoms with Gasteiger partial charge in [0.25, 0.3) is 0 Å². The maximum atomic E-state index is 12.4. The van der Waals surface area contributed by atoms with Crippen molar-refractivity contribution in [1.82, 2.24) is 10.2 Å². The number of urea groups is 1. The van der Waals surface area contributed by atoms with Crippen LogP contribution in [0.25, 0.3) is 0 Å². The summed E-state index contributed by atoms with van der Waals surface area (Å²) < 4.78 is 0. The lowest BCUT2D eigenvalue weighted by Gasteiger charge is -2.32. The second kappa shape index (κ2) is 12.0. The molecule has 0 saturated carbocycles. The van der Waals surface area contributed by atoms with Crippen molar-refractivity contribution < 1.29 is 19.5 Å². The van der Waals surface area contributed by atoms with E-state index in [0.717, 1.165) is 44.2 Å². The molecular weight excluding hydrogens is 358 g/mol. The largest absolute Gasteiger partial charge is 0.481 e. The lowest BCUT2D eigenvalue weighted by Crippen LogP contribution is -2.47. The molecule has 3 N–H and O–H groups in total. The molecule has 0 aliphatic carbocycles. The topological polar surface area (TPSA) is 98.7 Å². The molecule has 1 atom stereocenters. The Hall–Kier alpha value is -2.57. The number of amides is 3. The molecule has 0 radical (unpaired) electrons. The van der Waals surface area contributed by atoms with Crippen molar-refractivity contribution in [2.45, 2.75) is 51.4 Å². The smallest absolute Gasteiger partial charge is 0.321 e. The molecule has 7 heteroatoms. The summed E-state index contributed by atoms with van der Waals surface area (Å²) in [6.45, 7) is 1.74. The first-order valence-electron chi connectivity index (χ1n) is 10.2. The van der Waals surface area contributed by atoms with Crippen LogP contribution in [0.3, 0.4) is 0 Å². The molecule has 0 spiro atoms. The molecule has 1 aromatic carbocycles. The molecule has 0 aromatic heterocycles.